The Kier molecular flexibility index (Phi) is 4.51. The maximum atomic E-state index is 13.3. The number of halogens is 3. The van der Waals surface area contributed by atoms with Crippen LogP contribution in [0.25, 0.3) is 0 Å². The molecule has 2 aromatic rings. The van der Waals surface area contributed by atoms with Crippen LogP contribution in [0.5, 0.6) is 5.75 Å². The van der Waals surface area contributed by atoms with Gasteiger partial charge in [-0.25, -0.2) is 4.39 Å². The average molecular weight is 300 g/mol. The molecule has 0 atom stereocenters. The number of anilines is 1. The number of benzene rings is 2. The molecule has 0 aromatic heterocycles. The largest absolute Gasteiger partial charge is 0.495 e. The number of hydrogen-bond donors (Lipinski definition) is 1. The highest BCUT2D eigenvalue weighted by atomic mass is 35.5. The predicted octanol–water partition coefficient (Wildman–Crippen LogP) is 4.75. The molecule has 0 aliphatic carbocycles. The minimum atomic E-state index is -0.422. The van der Waals surface area contributed by atoms with Crippen molar-refractivity contribution in [2.75, 3.05) is 12.4 Å². The third kappa shape index (κ3) is 3.31. The van der Waals surface area contributed by atoms with Crippen molar-refractivity contribution in [1.82, 2.24) is 0 Å². The van der Waals surface area contributed by atoms with Crippen LogP contribution in [-0.4, -0.2) is 7.11 Å². The molecule has 0 saturated heterocycles. The van der Waals surface area contributed by atoms with Crippen LogP contribution in [0.2, 0.25) is 10.0 Å². The molecule has 0 aliphatic rings. The van der Waals surface area contributed by atoms with E-state index in [2.05, 4.69) is 5.32 Å². The lowest BCUT2D eigenvalue weighted by Gasteiger charge is -2.10. The van der Waals surface area contributed by atoms with Crippen molar-refractivity contribution in [3.63, 3.8) is 0 Å². The Bertz CT molecular complexity index is 590. The van der Waals surface area contributed by atoms with Crippen molar-refractivity contribution in [1.29, 1.82) is 0 Å². The molecule has 0 saturated carbocycles. The summed E-state index contributed by atoms with van der Waals surface area (Å²) in [6.07, 6.45) is 0. The summed E-state index contributed by atoms with van der Waals surface area (Å²) in [5.41, 5.74) is 1.51. The highest BCUT2D eigenvalue weighted by Crippen LogP contribution is 2.28. The lowest BCUT2D eigenvalue weighted by Crippen LogP contribution is -2.01. The van der Waals surface area contributed by atoms with Gasteiger partial charge in [-0.2, -0.15) is 0 Å². The van der Waals surface area contributed by atoms with E-state index in [1.54, 1.807) is 31.4 Å². The van der Waals surface area contributed by atoms with Gasteiger partial charge in [0.25, 0.3) is 0 Å². The first-order chi connectivity index (χ1) is 9.11. The molecule has 0 heterocycles. The minimum Gasteiger partial charge on any atom is -0.495 e. The Balaban J connectivity index is 2.12. The zero-order valence-corrected chi connectivity index (χ0v) is 11.7. The summed E-state index contributed by atoms with van der Waals surface area (Å²) in [6.45, 7) is 0.418. The lowest BCUT2D eigenvalue weighted by molar-refractivity contribution is 0.415. The molecule has 5 heteroatoms. The minimum absolute atomic E-state index is 0.135. The molecule has 2 rings (SSSR count). The van der Waals surface area contributed by atoms with Crippen molar-refractivity contribution in [2.45, 2.75) is 6.54 Å². The molecular weight excluding hydrogens is 288 g/mol. The van der Waals surface area contributed by atoms with E-state index in [-0.39, 0.29) is 5.02 Å². The summed E-state index contributed by atoms with van der Waals surface area (Å²) in [5, 5.41) is 3.82. The van der Waals surface area contributed by atoms with Crippen molar-refractivity contribution in [2.24, 2.45) is 0 Å². The molecule has 0 aliphatic heterocycles. The van der Waals surface area contributed by atoms with Crippen molar-refractivity contribution >= 4 is 28.9 Å². The van der Waals surface area contributed by atoms with Crippen LogP contribution in [0.1, 0.15) is 5.56 Å². The maximum absolute atomic E-state index is 13.3. The number of nitrogens with one attached hydrogen (secondary N) is 1. The van der Waals surface area contributed by atoms with Crippen LogP contribution in [0.4, 0.5) is 10.1 Å². The molecule has 0 fully saturated rings. The number of methoxy groups -OCH3 is 1. The first-order valence-electron chi connectivity index (χ1n) is 5.62. The van der Waals surface area contributed by atoms with Gasteiger partial charge in [0, 0.05) is 18.3 Å². The Morgan fingerprint density at radius 2 is 2.00 bits per heavy atom. The van der Waals surface area contributed by atoms with Gasteiger partial charge in [-0.15, -0.1) is 0 Å². The van der Waals surface area contributed by atoms with Gasteiger partial charge in [0.2, 0.25) is 0 Å². The SMILES string of the molecule is COc1cc(NCc2cccc(F)c2Cl)ccc1Cl. The van der Waals surface area contributed by atoms with Gasteiger partial charge in [0.15, 0.2) is 0 Å². The first-order valence-corrected chi connectivity index (χ1v) is 6.37. The van der Waals surface area contributed by atoms with Gasteiger partial charge in [0.05, 0.1) is 17.2 Å². The van der Waals surface area contributed by atoms with E-state index in [4.69, 9.17) is 27.9 Å². The van der Waals surface area contributed by atoms with Gasteiger partial charge >= 0.3 is 0 Å². The Morgan fingerprint density at radius 3 is 2.74 bits per heavy atom. The van der Waals surface area contributed by atoms with Gasteiger partial charge in [-0.05, 0) is 23.8 Å². The van der Waals surface area contributed by atoms with Gasteiger partial charge < -0.3 is 10.1 Å². The molecule has 2 aromatic carbocycles. The summed E-state index contributed by atoms with van der Waals surface area (Å²) >= 11 is 11.8. The molecule has 1 N–H and O–H groups in total. The number of ether oxygens (including phenoxy) is 1. The average Bonchev–Trinajstić information content (AvgIpc) is 2.42. The van der Waals surface area contributed by atoms with Crippen LogP contribution < -0.4 is 10.1 Å². The monoisotopic (exact) mass is 299 g/mol. The highest BCUT2D eigenvalue weighted by Gasteiger charge is 2.06. The Labute approximate surface area is 121 Å². The van der Waals surface area contributed by atoms with Gasteiger partial charge in [0.1, 0.15) is 11.6 Å². The van der Waals surface area contributed by atoms with Gasteiger partial charge in [-0.1, -0.05) is 35.3 Å². The zero-order chi connectivity index (χ0) is 13.8. The van der Waals surface area contributed by atoms with Crippen LogP contribution in [0.3, 0.4) is 0 Å². The molecule has 2 nitrogen and oxygen atoms in total. The highest BCUT2D eigenvalue weighted by molar-refractivity contribution is 6.32. The molecule has 0 amide bonds. The van der Waals surface area contributed by atoms with Crippen LogP contribution in [0, 0.1) is 5.82 Å². The second-order valence-electron chi connectivity index (χ2n) is 3.92. The van der Waals surface area contributed by atoms with E-state index in [0.717, 1.165) is 5.69 Å². The fourth-order valence-electron chi connectivity index (χ4n) is 1.65. The maximum Gasteiger partial charge on any atom is 0.142 e. The standard InChI is InChI=1S/C14H12Cl2FNO/c1-19-13-7-10(5-6-11(13)15)18-8-9-3-2-4-12(17)14(9)16/h2-7,18H,8H2,1H3. The molecule has 0 radical (unpaired) electrons. The number of hydrogen-bond acceptors (Lipinski definition) is 2. The summed E-state index contributed by atoms with van der Waals surface area (Å²) in [5.74, 6) is 0.159. The summed E-state index contributed by atoms with van der Waals surface area (Å²) in [7, 11) is 1.55. The second kappa shape index (κ2) is 6.13. The van der Waals surface area contributed by atoms with E-state index in [1.165, 1.54) is 6.07 Å². The molecule has 100 valence electrons. The first kappa shape index (κ1) is 14.0. The molecule has 0 unspecified atom stereocenters. The second-order valence-corrected chi connectivity index (χ2v) is 4.70. The van der Waals surface area contributed by atoms with E-state index >= 15 is 0 Å². The van der Waals surface area contributed by atoms with E-state index < -0.39 is 5.82 Å². The van der Waals surface area contributed by atoms with Crippen LogP contribution in [-0.2, 0) is 6.54 Å². The normalized spacial score (nSPS) is 10.3. The van der Waals surface area contributed by atoms with E-state index in [0.29, 0.717) is 22.9 Å². The fraction of sp³-hybridized carbons (Fsp3) is 0.143. The molecule has 0 bridgehead atoms. The van der Waals surface area contributed by atoms with Crippen molar-refractivity contribution < 1.29 is 9.13 Å². The molecular formula is C14H12Cl2FNO. The van der Waals surface area contributed by atoms with Gasteiger partial charge in [-0.3, -0.25) is 0 Å². The summed E-state index contributed by atoms with van der Waals surface area (Å²) in [4.78, 5) is 0. The summed E-state index contributed by atoms with van der Waals surface area (Å²) in [6, 6.07) is 10.0. The van der Waals surface area contributed by atoms with Crippen molar-refractivity contribution in [3.05, 3.63) is 57.8 Å². The Morgan fingerprint density at radius 1 is 1.21 bits per heavy atom. The molecule has 0 spiro atoms. The smallest absolute Gasteiger partial charge is 0.142 e. The molecule has 19 heavy (non-hydrogen) atoms. The summed E-state index contributed by atoms with van der Waals surface area (Å²) < 4.78 is 18.4. The number of rotatable bonds is 4. The predicted molar refractivity (Wildman–Crippen MR) is 76.7 cm³/mol. The van der Waals surface area contributed by atoms with Crippen molar-refractivity contribution in [3.8, 4) is 5.75 Å². The third-order valence-electron chi connectivity index (χ3n) is 2.67. The lowest BCUT2D eigenvalue weighted by atomic mass is 10.2. The fourth-order valence-corrected chi connectivity index (χ4v) is 2.04. The van der Waals surface area contributed by atoms with E-state index in [1.807, 2.05) is 6.07 Å². The zero-order valence-electron chi connectivity index (χ0n) is 10.2. The van der Waals surface area contributed by atoms with Crippen LogP contribution in [0.15, 0.2) is 36.4 Å². The van der Waals surface area contributed by atoms with E-state index in [9.17, 15) is 4.39 Å². The Hall–Kier alpha value is -1.45. The topological polar surface area (TPSA) is 21.3 Å². The quantitative estimate of drug-likeness (QED) is 0.879. The third-order valence-corrected chi connectivity index (χ3v) is 3.40. The van der Waals surface area contributed by atoms with Crippen LogP contribution >= 0.6 is 23.2 Å².